The third kappa shape index (κ3) is 2.24. The van der Waals surface area contributed by atoms with Gasteiger partial charge in [0.05, 0.1) is 6.04 Å². The topological polar surface area (TPSA) is 26.0 Å². The van der Waals surface area contributed by atoms with Crippen molar-refractivity contribution < 1.29 is 0 Å². The molecule has 19 heavy (non-hydrogen) atoms. The quantitative estimate of drug-likeness (QED) is 0.870. The minimum absolute atomic E-state index is 0.0369. The molecule has 2 N–H and O–H groups in total. The van der Waals surface area contributed by atoms with Crippen LogP contribution in [0.3, 0.4) is 0 Å². The van der Waals surface area contributed by atoms with E-state index in [0.29, 0.717) is 0 Å². The molecule has 0 saturated heterocycles. The van der Waals surface area contributed by atoms with Gasteiger partial charge in [-0.1, -0.05) is 12.1 Å². The van der Waals surface area contributed by atoms with E-state index < -0.39 is 0 Å². The minimum atomic E-state index is 0.0369. The second kappa shape index (κ2) is 4.77. The standard InChI is InChI=1S/C17H21NS/c1-10-7-12(3)14(8-11(10)2)17(18)16-9-13-5-4-6-15(13)19-16/h7-9,17H,4-6,18H2,1-3H3. The molecule has 1 aliphatic rings. The molecule has 0 fully saturated rings. The molecule has 1 aromatic carbocycles. The van der Waals surface area contributed by atoms with Crippen molar-refractivity contribution in [1.29, 1.82) is 0 Å². The molecule has 0 bridgehead atoms. The predicted molar refractivity (Wildman–Crippen MR) is 83.0 cm³/mol. The van der Waals surface area contributed by atoms with Crippen LogP contribution in [-0.4, -0.2) is 0 Å². The maximum atomic E-state index is 6.51. The number of fused-ring (bicyclic) bond motifs is 1. The third-order valence-electron chi connectivity index (χ3n) is 4.29. The lowest BCUT2D eigenvalue weighted by Crippen LogP contribution is -2.12. The van der Waals surface area contributed by atoms with Crippen LogP contribution in [0.4, 0.5) is 0 Å². The van der Waals surface area contributed by atoms with Crippen LogP contribution in [-0.2, 0) is 12.8 Å². The highest BCUT2D eigenvalue weighted by atomic mass is 32.1. The highest BCUT2D eigenvalue weighted by molar-refractivity contribution is 7.12. The summed E-state index contributed by atoms with van der Waals surface area (Å²) in [5.41, 5.74) is 13.3. The van der Waals surface area contributed by atoms with Crippen LogP contribution in [0.25, 0.3) is 0 Å². The van der Waals surface area contributed by atoms with E-state index in [1.807, 2.05) is 11.3 Å². The number of hydrogen-bond acceptors (Lipinski definition) is 2. The van der Waals surface area contributed by atoms with Crippen molar-refractivity contribution >= 4 is 11.3 Å². The zero-order chi connectivity index (χ0) is 13.6. The Morgan fingerprint density at radius 3 is 2.47 bits per heavy atom. The monoisotopic (exact) mass is 271 g/mol. The molecule has 1 atom stereocenters. The Kier molecular flexibility index (Phi) is 3.23. The Balaban J connectivity index is 1.99. The van der Waals surface area contributed by atoms with Gasteiger partial charge in [0.25, 0.3) is 0 Å². The first-order chi connectivity index (χ1) is 9.06. The molecule has 1 aliphatic carbocycles. The largest absolute Gasteiger partial charge is 0.320 e. The van der Waals surface area contributed by atoms with Crippen molar-refractivity contribution in [3.05, 3.63) is 55.8 Å². The van der Waals surface area contributed by atoms with Crippen LogP contribution in [0, 0.1) is 20.8 Å². The second-order valence-corrected chi connectivity index (χ2v) is 6.89. The Hall–Kier alpha value is -1.12. The van der Waals surface area contributed by atoms with E-state index >= 15 is 0 Å². The third-order valence-corrected chi connectivity index (χ3v) is 5.61. The lowest BCUT2D eigenvalue weighted by molar-refractivity contribution is 0.870. The number of nitrogens with two attached hydrogens (primary N) is 1. The molecule has 1 heterocycles. The van der Waals surface area contributed by atoms with E-state index in [1.165, 1.54) is 52.0 Å². The fourth-order valence-electron chi connectivity index (χ4n) is 2.98. The van der Waals surface area contributed by atoms with Crippen LogP contribution >= 0.6 is 11.3 Å². The molecule has 2 heteroatoms. The summed E-state index contributed by atoms with van der Waals surface area (Å²) in [7, 11) is 0. The van der Waals surface area contributed by atoms with Gasteiger partial charge in [-0.25, -0.2) is 0 Å². The summed E-state index contributed by atoms with van der Waals surface area (Å²) in [6.45, 7) is 6.50. The average molecular weight is 271 g/mol. The Labute approximate surface area is 119 Å². The van der Waals surface area contributed by atoms with Crippen LogP contribution < -0.4 is 5.73 Å². The first kappa shape index (κ1) is 12.9. The molecule has 0 radical (unpaired) electrons. The van der Waals surface area contributed by atoms with Gasteiger partial charge in [0, 0.05) is 9.75 Å². The van der Waals surface area contributed by atoms with E-state index in [4.69, 9.17) is 5.73 Å². The molecular formula is C17H21NS. The molecular weight excluding hydrogens is 250 g/mol. The summed E-state index contributed by atoms with van der Waals surface area (Å²) in [5, 5.41) is 0. The van der Waals surface area contributed by atoms with Gasteiger partial charge >= 0.3 is 0 Å². The van der Waals surface area contributed by atoms with Crippen molar-refractivity contribution in [3.8, 4) is 0 Å². The normalized spacial score (nSPS) is 15.6. The first-order valence-electron chi connectivity index (χ1n) is 7.01. The highest BCUT2D eigenvalue weighted by Gasteiger charge is 2.20. The smallest absolute Gasteiger partial charge is 0.0648 e. The number of rotatable bonds is 2. The summed E-state index contributed by atoms with van der Waals surface area (Å²) in [5.74, 6) is 0. The molecule has 1 nitrogen and oxygen atoms in total. The van der Waals surface area contributed by atoms with Gasteiger partial charge in [-0.15, -0.1) is 11.3 Å². The predicted octanol–water partition coefficient (Wildman–Crippen LogP) is 4.21. The molecule has 0 saturated carbocycles. The van der Waals surface area contributed by atoms with Gasteiger partial charge in [0.2, 0.25) is 0 Å². The fourth-order valence-corrected chi connectivity index (χ4v) is 4.25. The number of aryl methyl sites for hydroxylation is 5. The van der Waals surface area contributed by atoms with Crippen molar-refractivity contribution in [2.75, 3.05) is 0 Å². The molecule has 2 aromatic rings. The Morgan fingerprint density at radius 2 is 1.74 bits per heavy atom. The van der Waals surface area contributed by atoms with Gasteiger partial charge in [-0.3, -0.25) is 0 Å². The molecule has 0 spiro atoms. The van der Waals surface area contributed by atoms with E-state index in [-0.39, 0.29) is 6.04 Å². The lowest BCUT2D eigenvalue weighted by Gasteiger charge is -2.16. The van der Waals surface area contributed by atoms with Gasteiger partial charge in [-0.2, -0.15) is 0 Å². The first-order valence-corrected chi connectivity index (χ1v) is 7.82. The van der Waals surface area contributed by atoms with Crippen molar-refractivity contribution in [3.63, 3.8) is 0 Å². The summed E-state index contributed by atoms with van der Waals surface area (Å²) >= 11 is 1.92. The zero-order valence-corrected chi connectivity index (χ0v) is 12.7. The van der Waals surface area contributed by atoms with Crippen molar-refractivity contribution in [1.82, 2.24) is 0 Å². The Bertz CT molecular complexity index is 603. The van der Waals surface area contributed by atoms with Crippen LogP contribution in [0.5, 0.6) is 0 Å². The summed E-state index contributed by atoms with van der Waals surface area (Å²) in [6.07, 6.45) is 3.81. The molecule has 0 amide bonds. The van der Waals surface area contributed by atoms with Crippen LogP contribution in [0.2, 0.25) is 0 Å². The van der Waals surface area contributed by atoms with Gasteiger partial charge in [-0.05, 0) is 73.9 Å². The van der Waals surface area contributed by atoms with Gasteiger partial charge in [0.1, 0.15) is 0 Å². The molecule has 3 rings (SSSR count). The maximum Gasteiger partial charge on any atom is 0.0648 e. The molecule has 0 aliphatic heterocycles. The van der Waals surface area contributed by atoms with Crippen molar-refractivity contribution in [2.24, 2.45) is 5.73 Å². The van der Waals surface area contributed by atoms with Crippen molar-refractivity contribution in [2.45, 2.75) is 46.1 Å². The zero-order valence-electron chi connectivity index (χ0n) is 11.9. The number of hydrogen-bond donors (Lipinski definition) is 1. The van der Waals surface area contributed by atoms with Crippen LogP contribution in [0.1, 0.15) is 50.0 Å². The van der Waals surface area contributed by atoms with Crippen LogP contribution in [0.15, 0.2) is 18.2 Å². The Morgan fingerprint density at radius 1 is 1.00 bits per heavy atom. The summed E-state index contributed by atoms with van der Waals surface area (Å²) < 4.78 is 0. The SMILES string of the molecule is Cc1cc(C)c(C(N)c2cc3c(s2)CCC3)cc1C. The molecule has 1 unspecified atom stereocenters. The van der Waals surface area contributed by atoms with E-state index in [2.05, 4.69) is 39.0 Å². The second-order valence-electron chi connectivity index (χ2n) is 5.72. The minimum Gasteiger partial charge on any atom is -0.320 e. The summed E-state index contributed by atoms with van der Waals surface area (Å²) in [6, 6.07) is 6.90. The van der Waals surface area contributed by atoms with Gasteiger partial charge < -0.3 is 5.73 Å². The number of thiophene rings is 1. The fraction of sp³-hybridized carbons (Fsp3) is 0.412. The number of benzene rings is 1. The molecule has 100 valence electrons. The highest BCUT2D eigenvalue weighted by Crippen LogP contribution is 2.36. The van der Waals surface area contributed by atoms with E-state index in [1.54, 1.807) is 4.88 Å². The maximum absolute atomic E-state index is 6.51. The average Bonchev–Trinajstić information content (AvgIpc) is 2.93. The lowest BCUT2D eigenvalue weighted by atomic mass is 9.95. The molecule has 1 aromatic heterocycles. The summed E-state index contributed by atoms with van der Waals surface area (Å²) in [4.78, 5) is 2.89. The van der Waals surface area contributed by atoms with E-state index in [9.17, 15) is 0 Å². The van der Waals surface area contributed by atoms with Gasteiger partial charge in [0.15, 0.2) is 0 Å². The van der Waals surface area contributed by atoms with E-state index in [0.717, 1.165) is 0 Å².